The molecule has 0 unspecified atom stereocenters. The van der Waals surface area contributed by atoms with Gasteiger partial charge < -0.3 is 9.47 Å². The van der Waals surface area contributed by atoms with Crippen LogP contribution in [0.4, 0.5) is 0 Å². The van der Waals surface area contributed by atoms with Crippen LogP contribution in [-0.2, 0) is 11.2 Å². The lowest BCUT2D eigenvalue weighted by atomic mass is 10.0. The summed E-state index contributed by atoms with van der Waals surface area (Å²) in [6.07, 6.45) is 0.683. The number of benzene rings is 2. The number of fused-ring (bicyclic) bond motifs is 1. The Morgan fingerprint density at radius 2 is 1.78 bits per heavy atom. The standard InChI is InChI=1S/C19H17NO3/c1-22-18-16(12-15-5-3-4-6-17(15)20-18)11-13-7-9-14(10-8-13)19(21)23-2/h3-10,12H,11H2,1-2H3. The maximum atomic E-state index is 11.5. The average Bonchev–Trinajstić information content (AvgIpc) is 2.61. The zero-order valence-electron chi connectivity index (χ0n) is 13.1. The molecule has 23 heavy (non-hydrogen) atoms. The molecule has 1 aromatic heterocycles. The first-order valence-electron chi connectivity index (χ1n) is 7.31. The fraction of sp³-hybridized carbons (Fsp3) is 0.158. The molecule has 0 saturated heterocycles. The minimum atomic E-state index is -0.332. The largest absolute Gasteiger partial charge is 0.481 e. The molecular weight excluding hydrogens is 290 g/mol. The SMILES string of the molecule is COC(=O)c1ccc(Cc2cc3ccccc3nc2OC)cc1. The van der Waals surface area contributed by atoms with Crippen LogP contribution in [0.1, 0.15) is 21.5 Å². The number of rotatable bonds is 4. The van der Waals surface area contributed by atoms with Gasteiger partial charge in [0.05, 0.1) is 25.3 Å². The van der Waals surface area contributed by atoms with Crippen molar-refractivity contribution in [3.63, 3.8) is 0 Å². The maximum Gasteiger partial charge on any atom is 0.337 e. The first-order chi connectivity index (χ1) is 11.2. The molecule has 0 saturated carbocycles. The number of pyridine rings is 1. The van der Waals surface area contributed by atoms with Gasteiger partial charge in [-0.15, -0.1) is 0 Å². The zero-order valence-corrected chi connectivity index (χ0v) is 13.1. The summed E-state index contributed by atoms with van der Waals surface area (Å²) < 4.78 is 10.1. The Hall–Kier alpha value is -2.88. The van der Waals surface area contributed by atoms with E-state index in [2.05, 4.69) is 11.1 Å². The summed E-state index contributed by atoms with van der Waals surface area (Å²) in [4.78, 5) is 16.0. The van der Waals surface area contributed by atoms with Crippen molar-refractivity contribution in [1.29, 1.82) is 0 Å². The Balaban J connectivity index is 1.92. The number of esters is 1. The highest BCUT2D eigenvalue weighted by Crippen LogP contribution is 2.24. The lowest BCUT2D eigenvalue weighted by Gasteiger charge is -2.10. The Labute approximate surface area is 134 Å². The minimum Gasteiger partial charge on any atom is -0.481 e. The van der Waals surface area contributed by atoms with Gasteiger partial charge in [-0.1, -0.05) is 30.3 Å². The molecule has 0 aliphatic rings. The van der Waals surface area contributed by atoms with Crippen LogP contribution in [0.2, 0.25) is 0 Å². The van der Waals surface area contributed by atoms with E-state index in [-0.39, 0.29) is 5.97 Å². The Morgan fingerprint density at radius 1 is 1.04 bits per heavy atom. The molecule has 3 rings (SSSR count). The Morgan fingerprint density at radius 3 is 2.48 bits per heavy atom. The summed E-state index contributed by atoms with van der Waals surface area (Å²) in [5.74, 6) is 0.294. The average molecular weight is 307 g/mol. The molecule has 0 fully saturated rings. The molecule has 1 heterocycles. The lowest BCUT2D eigenvalue weighted by Crippen LogP contribution is -2.01. The molecule has 0 spiro atoms. The van der Waals surface area contributed by atoms with E-state index in [9.17, 15) is 4.79 Å². The number of carbonyl (C=O) groups excluding carboxylic acids is 1. The van der Waals surface area contributed by atoms with Gasteiger partial charge in [0.1, 0.15) is 0 Å². The van der Waals surface area contributed by atoms with Crippen LogP contribution in [0.15, 0.2) is 54.6 Å². The van der Waals surface area contributed by atoms with Crippen molar-refractivity contribution in [3.8, 4) is 5.88 Å². The fourth-order valence-corrected chi connectivity index (χ4v) is 2.54. The van der Waals surface area contributed by atoms with Crippen molar-refractivity contribution in [1.82, 2.24) is 4.98 Å². The number of ether oxygens (including phenoxy) is 2. The van der Waals surface area contributed by atoms with E-state index in [1.807, 2.05) is 36.4 Å². The highest BCUT2D eigenvalue weighted by molar-refractivity contribution is 5.89. The van der Waals surface area contributed by atoms with Crippen LogP contribution < -0.4 is 4.74 Å². The van der Waals surface area contributed by atoms with Crippen molar-refractivity contribution in [2.24, 2.45) is 0 Å². The molecule has 0 aliphatic carbocycles. The van der Waals surface area contributed by atoms with Gasteiger partial charge in [-0.2, -0.15) is 0 Å². The van der Waals surface area contributed by atoms with Crippen molar-refractivity contribution in [2.45, 2.75) is 6.42 Å². The summed E-state index contributed by atoms with van der Waals surface area (Å²) >= 11 is 0. The fourth-order valence-electron chi connectivity index (χ4n) is 2.54. The van der Waals surface area contributed by atoms with Gasteiger partial charge in [0.2, 0.25) is 5.88 Å². The number of para-hydroxylation sites is 1. The number of hydrogen-bond acceptors (Lipinski definition) is 4. The molecule has 3 aromatic rings. The first kappa shape index (κ1) is 15.0. The van der Waals surface area contributed by atoms with Gasteiger partial charge in [-0.3, -0.25) is 0 Å². The zero-order chi connectivity index (χ0) is 16.2. The minimum absolute atomic E-state index is 0.332. The third-order valence-electron chi connectivity index (χ3n) is 3.73. The van der Waals surface area contributed by atoms with E-state index in [1.165, 1.54) is 7.11 Å². The lowest BCUT2D eigenvalue weighted by molar-refractivity contribution is 0.0600. The van der Waals surface area contributed by atoms with Gasteiger partial charge >= 0.3 is 5.97 Å². The predicted molar refractivity (Wildman–Crippen MR) is 88.9 cm³/mol. The van der Waals surface area contributed by atoms with Gasteiger partial charge in [-0.25, -0.2) is 9.78 Å². The molecule has 0 amide bonds. The van der Waals surface area contributed by atoms with Crippen molar-refractivity contribution < 1.29 is 14.3 Å². The number of carbonyl (C=O) groups is 1. The quantitative estimate of drug-likeness (QED) is 0.691. The first-order valence-corrected chi connectivity index (χ1v) is 7.31. The van der Waals surface area contributed by atoms with E-state index >= 15 is 0 Å². The molecule has 0 N–H and O–H groups in total. The normalized spacial score (nSPS) is 10.5. The second-order valence-electron chi connectivity index (χ2n) is 5.21. The molecule has 4 heteroatoms. The third kappa shape index (κ3) is 3.16. The smallest absolute Gasteiger partial charge is 0.337 e. The molecule has 116 valence electrons. The highest BCUT2D eigenvalue weighted by atomic mass is 16.5. The van der Waals surface area contributed by atoms with Crippen LogP contribution in [0.5, 0.6) is 5.88 Å². The summed E-state index contributed by atoms with van der Waals surface area (Å²) in [6.45, 7) is 0. The summed E-state index contributed by atoms with van der Waals surface area (Å²) in [5.41, 5.74) is 3.54. The van der Waals surface area contributed by atoms with Gasteiger partial charge in [0, 0.05) is 17.4 Å². The van der Waals surface area contributed by atoms with Crippen LogP contribution in [0, 0.1) is 0 Å². The van der Waals surface area contributed by atoms with Crippen LogP contribution >= 0.6 is 0 Å². The molecule has 4 nitrogen and oxygen atoms in total. The van der Waals surface area contributed by atoms with Crippen LogP contribution in [-0.4, -0.2) is 25.2 Å². The molecular formula is C19H17NO3. The van der Waals surface area contributed by atoms with Gasteiger partial charge in [0.15, 0.2) is 0 Å². The maximum absolute atomic E-state index is 11.5. The van der Waals surface area contributed by atoms with E-state index < -0.39 is 0 Å². The van der Waals surface area contributed by atoms with Gasteiger partial charge in [0.25, 0.3) is 0 Å². The van der Waals surface area contributed by atoms with E-state index in [1.54, 1.807) is 19.2 Å². The number of hydrogen-bond donors (Lipinski definition) is 0. The molecule has 2 aromatic carbocycles. The van der Waals surface area contributed by atoms with Gasteiger partial charge in [-0.05, 0) is 29.8 Å². The summed E-state index contributed by atoms with van der Waals surface area (Å²) in [7, 11) is 3.00. The van der Waals surface area contributed by atoms with E-state index in [4.69, 9.17) is 9.47 Å². The van der Waals surface area contributed by atoms with Crippen LogP contribution in [0.25, 0.3) is 10.9 Å². The van der Waals surface area contributed by atoms with Crippen molar-refractivity contribution in [2.75, 3.05) is 14.2 Å². The Kier molecular flexibility index (Phi) is 4.24. The van der Waals surface area contributed by atoms with Crippen molar-refractivity contribution >= 4 is 16.9 Å². The second kappa shape index (κ2) is 6.48. The third-order valence-corrected chi connectivity index (χ3v) is 3.73. The molecule has 0 bridgehead atoms. The molecule has 0 radical (unpaired) electrons. The number of nitrogens with zero attached hydrogens (tertiary/aromatic N) is 1. The molecule has 0 atom stereocenters. The summed E-state index contributed by atoms with van der Waals surface area (Å²) in [5, 5.41) is 1.08. The van der Waals surface area contributed by atoms with E-state index in [0.29, 0.717) is 17.9 Å². The highest BCUT2D eigenvalue weighted by Gasteiger charge is 2.09. The number of methoxy groups -OCH3 is 2. The van der Waals surface area contributed by atoms with E-state index in [0.717, 1.165) is 22.0 Å². The summed E-state index contributed by atoms with van der Waals surface area (Å²) in [6, 6.07) is 17.4. The molecule has 0 aliphatic heterocycles. The Bertz CT molecular complexity index is 841. The second-order valence-corrected chi connectivity index (χ2v) is 5.21. The number of aromatic nitrogens is 1. The van der Waals surface area contributed by atoms with Crippen LogP contribution in [0.3, 0.4) is 0 Å². The topological polar surface area (TPSA) is 48.4 Å². The predicted octanol–water partition coefficient (Wildman–Crippen LogP) is 3.62. The van der Waals surface area contributed by atoms with Crippen molar-refractivity contribution in [3.05, 3.63) is 71.3 Å². The monoisotopic (exact) mass is 307 g/mol.